The number of carbonyl (C=O) groups excluding carboxylic acids is 1. The van der Waals surface area contributed by atoms with Gasteiger partial charge in [0.25, 0.3) is 5.91 Å². The number of rotatable bonds is 2. The highest BCUT2D eigenvalue weighted by atomic mass is 35.5. The van der Waals surface area contributed by atoms with Gasteiger partial charge >= 0.3 is 0 Å². The summed E-state index contributed by atoms with van der Waals surface area (Å²) < 4.78 is 0. The lowest BCUT2D eigenvalue weighted by Gasteiger charge is -2.08. The third kappa shape index (κ3) is 2.48. The van der Waals surface area contributed by atoms with E-state index in [1.165, 1.54) is 4.90 Å². The molecule has 1 fully saturated rings. The number of hydrogen-bond donors (Lipinski definition) is 1. The Hall–Kier alpha value is -1.39. The molecule has 0 aliphatic carbocycles. The van der Waals surface area contributed by atoms with Crippen LogP contribution in [0.2, 0.25) is 5.02 Å². The summed E-state index contributed by atoms with van der Waals surface area (Å²) in [6.07, 6.45) is 1.76. The maximum atomic E-state index is 11.9. The van der Waals surface area contributed by atoms with Gasteiger partial charge < -0.3 is 5.32 Å². The van der Waals surface area contributed by atoms with E-state index in [0.29, 0.717) is 22.4 Å². The van der Waals surface area contributed by atoms with E-state index >= 15 is 0 Å². The van der Waals surface area contributed by atoms with E-state index < -0.39 is 0 Å². The summed E-state index contributed by atoms with van der Waals surface area (Å²) in [5.74, 6) is -0.0903. The molecule has 3 nitrogen and oxygen atoms in total. The predicted molar refractivity (Wildman–Crippen MR) is 72.5 cm³/mol. The number of thiocarbonyl (C=S) groups is 1. The van der Waals surface area contributed by atoms with Gasteiger partial charge in [-0.25, -0.2) is 0 Å². The number of benzene rings is 1. The average molecular weight is 267 g/mol. The van der Waals surface area contributed by atoms with Gasteiger partial charge in [0.15, 0.2) is 5.11 Å². The van der Waals surface area contributed by atoms with Gasteiger partial charge in [0.1, 0.15) is 5.70 Å². The lowest BCUT2D eigenvalue weighted by molar-refractivity contribution is -0.122. The number of amides is 1. The maximum absolute atomic E-state index is 11.9. The van der Waals surface area contributed by atoms with Crippen LogP contribution >= 0.6 is 23.8 Å². The highest BCUT2D eigenvalue weighted by Gasteiger charge is 2.28. The fourth-order valence-electron chi connectivity index (χ4n) is 1.58. The molecule has 0 saturated carbocycles. The number of halogens is 1. The fraction of sp³-hybridized carbons (Fsp3) is 0.167. The smallest absolute Gasteiger partial charge is 0.276 e. The summed E-state index contributed by atoms with van der Waals surface area (Å²) in [5, 5.41) is 4.03. The third-order valence-corrected chi connectivity index (χ3v) is 3.03. The Morgan fingerprint density at radius 2 is 2.06 bits per heavy atom. The van der Waals surface area contributed by atoms with Crippen LogP contribution in [0.5, 0.6) is 0 Å². The summed E-state index contributed by atoms with van der Waals surface area (Å²) in [7, 11) is 0. The Kier molecular flexibility index (Phi) is 3.45. The van der Waals surface area contributed by atoms with E-state index in [9.17, 15) is 4.79 Å². The largest absolute Gasteiger partial charge is 0.328 e. The molecule has 1 aliphatic rings. The first-order chi connectivity index (χ1) is 8.11. The van der Waals surface area contributed by atoms with E-state index in [0.717, 1.165) is 5.56 Å². The molecule has 0 atom stereocenters. The van der Waals surface area contributed by atoms with E-state index in [1.54, 1.807) is 18.2 Å². The lowest BCUT2D eigenvalue weighted by atomic mass is 10.2. The van der Waals surface area contributed by atoms with Crippen LogP contribution in [-0.2, 0) is 4.79 Å². The number of nitrogens with zero attached hydrogens (tertiary/aromatic N) is 1. The SMILES string of the molecule is CCN1C(=O)/C(=C\c2ccc(Cl)cc2)NC1=S. The Morgan fingerprint density at radius 1 is 1.41 bits per heavy atom. The van der Waals surface area contributed by atoms with Gasteiger partial charge in [-0.05, 0) is 42.9 Å². The molecule has 0 radical (unpaired) electrons. The number of nitrogens with one attached hydrogen (secondary N) is 1. The van der Waals surface area contributed by atoms with Crippen molar-refractivity contribution < 1.29 is 4.79 Å². The zero-order chi connectivity index (χ0) is 12.4. The minimum atomic E-state index is -0.0903. The summed E-state index contributed by atoms with van der Waals surface area (Å²) in [5.41, 5.74) is 1.41. The second-order valence-electron chi connectivity index (χ2n) is 3.59. The lowest BCUT2D eigenvalue weighted by Crippen LogP contribution is -2.30. The van der Waals surface area contributed by atoms with Crippen LogP contribution in [0.3, 0.4) is 0 Å². The van der Waals surface area contributed by atoms with E-state index in [4.69, 9.17) is 23.8 Å². The first-order valence-corrected chi connectivity index (χ1v) is 6.00. The van der Waals surface area contributed by atoms with Crippen LogP contribution in [0.4, 0.5) is 0 Å². The molecule has 88 valence electrons. The minimum absolute atomic E-state index is 0.0903. The number of likely N-dealkylation sites (N-methyl/N-ethyl adjacent to an activating group) is 1. The summed E-state index contributed by atoms with van der Waals surface area (Å²) in [6.45, 7) is 2.46. The first kappa shape index (κ1) is 12.1. The Balaban J connectivity index is 2.27. The normalized spacial score (nSPS) is 17.8. The molecule has 1 amide bonds. The first-order valence-electron chi connectivity index (χ1n) is 5.22. The molecule has 0 unspecified atom stereocenters. The van der Waals surface area contributed by atoms with Crippen LogP contribution in [0.15, 0.2) is 30.0 Å². The van der Waals surface area contributed by atoms with Crippen molar-refractivity contribution in [2.75, 3.05) is 6.54 Å². The average Bonchev–Trinajstić information content (AvgIpc) is 2.57. The zero-order valence-corrected chi connectivity index (χ0v) is 10.8. The molecular formula is C12H11ClN2OS. The van der Waals surface area contributed by atoms with Crippen LogP contribution < -0.4 is 5.32 Å². The standard InChI is InChI=1S/C12H11ClN2OS/c1-2-15-11(16)10(14-12(15)17)7-8-3-5-9(13)6-4-8/h3-7H,2H2,1H3,(H,14,17)/b10-7+. The minimum Gasteiger partial charge on any atom is -0.328 e. The molecular weight excluding hydrogens is 256 g/mol. The van der Waals surface area contributed by atoms with Gasteiger partial charge in [-0.3, -0.25) is 9.69 Å². The summed E-state index contributed by atoms with van der Waals surface area (Å²) >= 11 is 10.9. The Bertz CT molecular complexity index is 496. The molecule has 1 aromatic carbocycles. The molecule has 2 rings (SSSR count). The summed E-state index contributed by atoms with van der Waals surface area (Å²) in [4.78, 5) is 13.4. The van der Waals surface area contributed by atoms with Gasteiger partial charge in [-0.2, -0.15) is 0 Å². The molecule has 1 heterocycles. The fourth-order valence-corrected chi connectivity index (χ4v) is 2.03. The molecule has 1 N–H and O–H groups in total. The van der Waals surface area contributed by atoms with Gasteiger partial charge in [0, 0.05) is 11.6 Å². The van der Waals surface area contributed by atoms with Gasteiger partial charge in [-0.1, -0.05) is 23.7 Å². The van der Waals surface area contributed by atoms with Crippen LogP contribution in [-0.4, -0.2) is 22.5 Å². The third-order valence-electron chi connectivity index (χ3n) is 2.46. The Labute approximate surface area is 110 Å². The highest BCUT2D eigenvalue weighted by molar-refractivity contribution is 7.80. The maximum Gasteiger partial charge on any atom is 0.276 e. The topological polar surface area (TPSA) is 32.3 Å². The zero-order valence-electron chi connectivity index (χ0n) is 9.24. The van der Waals surface area contributed by atoms with Crippen molar-refractivity contribution in [3.63, 3.8) is 0 Å². The quantitative estimate of drug-likeness (QED) is 0.659. The van der Waals surface area contributed by atoms with E-state index in [1.807, 2.05) is 19.1 Å². The van der Waals surface area contributed by atoms with Crippen molar-refractivity contribution in [1.29, 1.82) is 0 Å². The van der Waals surface area contributed by atoms with Crippen molar-refractivity contribution >= 4 is 40.9 Å². The van der Waals surface area contributed by atoms with Crippen LogP contribution in [0.1, 0.15) is 12.5 Å². The molecule has 1 aliphatic heterocycles. The van der Waals surface area contributed by atoms with Gasteiger partial charge in [-0.15, -0.1) is 0 Å². The monoisotopic (exact) mass is 266 g/mol. The van der Waals surface area contributed by atoms with Crippen molar-refractivity contribution in [3.05, 3.63) is 40.5 Å². The predicted octanol–water partition coefficient (Wildman–Crippen LogP) is 2.42. The highest BCUT2D eigenvalue weighted by Crippen LogP contribution is 2.15. The van der Waals surface area contributed by atoms with Crippen molar-refractivity contribution in [2.24, 2.45) is 0 Å². The molecule has 17 heavy (non-hydrogen) atoms. The Morgan fingerprint density at radius 3 is 2.59 bits per heavy atom. The van der Waals surface area contributed by atoms with E-state index in [2.05, 4.69) is 5.32 Å². The second-order valence-corrected chi connectivity index (χ2v) is 4.41. The van der Waals surface area contributed by atoms with Crippen molar-refractivity contribution in [3.8, 4) is 0 Å². The van der Waals surface area contributed by atoms with E-state index in [-0.39, 0.29) is 5.91 Å². The molecule has 0 spiro atoms. The molecule has 0 bridgehead atoms. The molecule has 1 saturated heterocycles. The number of carbonyl (C=O) groups is 1. The van der Waals surface area contributed by atoms with Crippen LogP contribution in [0, 0.1) is 0 Å². The molecule has 0 aromatic heterocycles. The second kappa shape index (κ2) is 4.85. The molecule has 5 heteroatoms. The van der Waals surface area contributed by atoms with Gasteiger partial charge in [0.2, 0.25) is 0 Å². The van der Waals surface area contributed by atoms with Crippen LogP contribution in [0.25, 0.3) is 6.08 Å². The van der Waals surface area contributed by atoms with Gasteiger partial charge in [0.05, 0.1) is 0 Å². The molecule has 1 aromatic rings. The number of hydrogen-bond acceptors (Lipinski definition) is 2. The van der Waals surface area contributed by atoms with Crippen molar-refractivity contribution in [2.45, 2.75) is 6.92 Å². The van der Waals surface area contributed by atoms with Crippen molar-refractivity contribution in [1.82, 2.24) is 10.2 Å². The summed E-state index contributed by atoms with van der Waals surface area (Å²) in [6, 6.07) is 7.26.